The van der Waals surface area contributed by atoms with Crippen LogP contribution in [0.15, 0.2) is 24.5 Å². The Morgan fingerprint density at radius 3 is 2.41 bits per heavy atom. The summed E-state index contributed by atoms with van der Waals surface area (Å²) >= 11 is 0. The number of halogens is 3. The van der Waals surface area contributed by atoms with E-state index in [1.54, 1.807) is 5.32 Å². The van der Waals surface area contributed by atoms with Gasteiger partial charge in [-0.25, -0.2) is 4.79 Å². The lowest BCUT2D eigenvalue weighted by molar-refractivity contribution is -0.311. The van der Waals surface area contributed by atoms with Gasteiger partial charge in [0.1, 0.15) is 11.5 Å². The van der Waals surface area contributed by atoms with Crippen molar-refractivity contribution in [1.82, 2.24) is 15.2 Å². The number of urea groups is 1. The van der Waals surface area contributed by atoms with E-state index >= 15 is 13.2 Å². The molecule has 0 radical (unpaired) electrons. The lowest BCUT2D eigenvalue weighted by Crippen LogP contribution is -2.73. The zero-order valence-electron chi connectivity index (χ0n) is 18.8. The molecule has 1 aromatic heterocycles. The third kappa shape index (κ3) is 3.33. The van der Waals surface area contributed by atoms with Gasteiger partial charge in [0.2, 0.25) is 17.3 Å². The van der Waals surface area contributed by atoms with Crippen LogP contribution in [0.2, 0.25) is 0 Å². The van der Waals surface area contributed by atoms with Crippen molar-refractivity contribution in [1.29, 1.82) is 0 Å². The predicted octanol–water partition coefficient (Wildman–Crippen LogP) is 0.818. The first-order valence-corrected chi connectivity index (χ1v) is 10.2. The zero-order valence-corrected chi connectivity index (χ0v) is 18.8. The normalized spacial score (nSPS) is 33.6. The SMILES string of the molecule is CC(C)(C)C(=O)C1(C)CN([C@]2(F)O[C@H](CO)[C@](O)(C(=O)c3cccnc3)C2(F)F)C(=O)NC1=O. The van der Waals surface area contributed by atoms with Crippen molar-refractivity contribution >= 4 is 23.5 Å². The number of imide groups is 1. The summed E-state index contributed by atoms with van der Waals surface area (Å²) in [6, 6.07) is 0.552. The highest BCUT2D eigenvalue weighted by molar-refractivity contribution is 6.14. The van der Waals surface area contributed by atoms with Gasteiger partial charge in [-0.3, -0.25) is 29.6 Å². The lowest BCUT2D eigenvalue weighted by atomic mass is 9.71. The summed E-state index contributed by atoms with van der Waals surface area (Å²) in [5, 5.41) is 22.1. The van der Waals surface area contributed by atoms with Crippen molar-refractivity contribution < 1.29 is 47.3 Å². The molecule has 1 unspecified atom stereocenters. The van der Waals surface area contributed by atoms with Gasteiger partial charge in [-0.05, 0) is 19.1 Å². The number of Topliss-reactive ketones (excluding diaryl/α,β-unsaturated/α-hetero) is 2. The fourth-order valence-corrected chi connectivity index (χ4v) is 4.19. The fraction of sp³-hybridized carbons (Fsp3) is 0.571. The molecule has 186 valence electrons. The summed E-state index contributed by atoms with van der Waals surface area (Å²) in [4.78, 5) is 54.1. The van der Waals surface area contributed by atoms with Crippen molar-refractivity contribution in [2.24, 2.45) is 10.8 Å². The Morgan fingerprint density at radius 1 is 1.29 bits per heavy atom. The van der Waals surface area contributed by atoms with Gasteiger partial charge >= 0.3 is 17.9 Å². The van der Waals surface area contributed by atoms with Crippen LogP contribution in [0.1, 0.15) is 38.1 Å². The van der Waals surface area contributed by atoms with Crippen LogP contribution in [0.4, 0.5) is 18.0 Å². The molecule has 2 fully saturated rings. The number of ether oxygens (including phenoxy) is 1. The van der Waals surface area contributed by atoms with E-state index in [2.05, 4.69) is 9.72 Å². The molecular weight excluding hydrogens is 463 g/mol. The minimum absolute atomic E-state index is 0.255. The van der Waals surface area contributed by atoms with Crippen molar-refractivity contribution in [2.45, 2.75) is 51.3 Å². The third-order valence-electron chi connectivity index (χ3n) is 6.04. The monoisotopic (exact) mass is 487 g/mol. The van der Waals surface area contributed by atoms with E-state index in [4.69, 9.17) is 0 Å². The number of hydrogen-bond acceptors (Lipinski definition) is 8. The van der Waals surface area contributed by atoms with E-state index in [1.165, 1.54) is 33.0 Å². The highest BCUT2D eigenvalue weighted by Gasteiger charge is 2.84. The van der Waals surface area contributed by atoms with E-state index in [1.807, 2.05) is 0 Å². The number of pyridine rings is 1. The van der Waals surface area contributed by atoms with Crippen molar-refractivity contribution in [2.75, 3.05) is 13.2 Å². The number of nitrogens with one attached hydrogen (secondary N) is 1. The van der Waals surface area contributed by atoms with Crippen molar-refractivity contribution in [3.63, 3.8) is 0 Å². The van der Waals surface area contributed by atoms with Crippen LogP contribution in [-0.2, 0) is 14.3 Å². The second-order valence-corrected chi connectivity index (χ2v) is 9.52. The molecular formula is C21H24F3N3O7. The maximum absolute atomic E-state index is 16.1. The predicted molar refractivity (Wildman–Crippen MR) is 107 cm³/mol. The number of aliphatic hydroxyl groups is 2. The minimum atomic E-state index is -5.16. The molecule has 2 aliphatic rings. The Bertz CT molecular complexity index is 1050. The Balaban J connectivity index is 2.11. The summed E-state index contributed by atoms with van der Waals surface area (Å²) in [6.45, 7) is 2.74. The molecule has 3 amide bonds. The summed E-state index contributed by atoms with van der Waals surface area (Å²) in [6.07, 6.45) is -0.459. The Labute approximate surface area is 192 Å². The lowest BCUT2D eigenvalue weighted by Gasteiger charge is -2.45. The van der Waals surface area contributed by atoms with Crippen LogP contribution in [0, 0.1) is 10.8 Å². The number of hydrogen-bond donors (Lipinski definition) is 3. The largest absolute Gasteiger partial charge is 0.394 e. The number of aromatic nitrogens is 1. The first kappa shape index (κ1) is 25.7. The average molecular weight is 487 g/mol. The molecule has 2 aliphatic heterocycles. The molecule has 34 heavy (non-hydrogen) atoms. The molecule has 1 aromatic rings. The number of alkyl halides is 3. The van der Waals surface area contributed by atoms with E-state index in [-0.39, 0.29) is 4.90 Å². The maximum Gasteiger partial charge on any atom is 0.363 e. The Hall–Kier alpha value is -2.90. The van der Waals surface area contributed by atoms with Gasteiger partial charge in [0.15, 0.2) is 5.78 Å². The van der Waals surface area contributed by atoms with Crippen LogP contribution in [0.3, 0.4) is 0 Å². The molecule has 0 bridgehead atoms. The Kier molecular flexibility index (Phi) is 5.91. The molecule has 0 spiro atoms. The number of aliphatic hydroxyl groups excluding tert-OH is 1. The van der Waals surface area contributed by atoms with Gasteiger partial charge < -0.3 is 14.9 Å². The topological polar surface area (TPSA) is 146 Å². The molecule has 0 aliphatic carbocycles. The van der Waals surface area contributed by atoms with Crippen LogP contribution >= 0.6 is 0 Å². The molecule has 0 aromatic carbocycles. The van der Waals surface area contributed by atoms with Gasteiger partial charge in [-0.2, -0.15) is 13.2 Å². The summed E-state index contributed by atoms with van der Waals surface area (Å²) in [5.41, 5.74) is -7.87. The number of carbonyl (C=O) groups excluding carboxylic acids is 4. The van der Waals surface area contributed by atoms with E-state index in [9.17, 15) is 29.4 Å². The van der Waals surface area contributed by atoms with Gasteiger partial charge in [0, 0.05) is 29.9 Å². The van der Waals surface area contributed by atoms with E-state index in [0.29, 0.717) is 0 Å². The number of nitrogens with zero attached hydrogens (tertiary/aromatic N) is 2. The minimum Gasteiger partial charge on any atom is -0.394 e. The van der Waals surface area contributed by atoms with Crippen LogP contribution in [0.5, 0.6) is 0 Å². The quantitative estimate of drug-likeness (QED) is 0.314. The molecule has 13 heteroatoms. The van der Waals surface area contributed by atoms with Crippen molar-refractivity contribution in [3.05, 3.63) is 30.1 Å². The van der Waals surface area contributed by atoms with E-state index < -0.39 is 76.7 Å². The van der Waals surface area contributed by atoms with Crippen LogP contribution in [-0.4, -0.2) is 80.4 Å². The Morgan fingerprint density at radius 2 is 1.91 bits per heavy atom. The maximum atomic E-state index is 16.1. The molecule has 4 atom stereocenters. The second kappa shape index (κ2) is 7.82. The number of ketones is 2. The molecule has 3 heterocycles. The molecule has 3 rings (SSSR count). The fourth-order valence-electron chi connectivity index (χ4n) is 4.19. The summed E-state index contributed by atoms with van der Waals surface area (Å²) in [5.74, 6) is -13.3. The van der Waals surface area contributed by atoms with Crippen LogP contribution in [0.25, 0.3) is 0 Å². The van der Waals surface area contributed by atoms with Crippen LogP contribution < -0.4 is 5.32 Å². The highest BCUT2D eigenvalue weighted by atomic mass is 19.3. The molecule has 2 saturated heterocycles. The second-order valence-electron chi connectivity index (χ2n) is 9.52. The number of amides is 3. The van der Waals surface area contributed by atoms with Gasteiger partial charge in [0.25, 0.3) is 0 Å². The highest BCUT2D eigenvalue weighted by Crippen LogP contribution is 2.55. The smallest absolute Gasteiger partial charge is 0.363 e. The summed E-state index contributed by atoms with van der Waals surface area (Å²) < 4.78 is 52.1. The van der Waals surface area contributed by atoms with Gasteiger partial charge in [-0.1, -0.05) is 20.8 Å². The van der Waals surface area contributed by atoms with E-state index in [0.717, 1.165) is 19.2 Å². The van der Waals surface area contributed by atoms with Gasteiger partial charge in [-0.15, -0.1) is 0 Å². The first-order valence-electron chi connectivity index (χ1n) is 10.2. The molecule has 0 saturated carbocycles. The average Bonchev–Trinajstić information content (AvgIpc) is 2.93. The number of carbonyl (C=O) groups is 4. The van der Waals surface area contributed by atoms with Crippen molar-refractivity contribution in [3.8, 4) is 0 Å². The number of rotatable bonds is 5. The standard InChI is InChI=1S/C21H24F3N3O7/c1-17(2,3)14(30)18(4)10-27(16(32)26-15(18)31)21(24)20(22,23)19(33,12(9-28)34-21)13(29)11-6-5-7-25-8-11/h5-8,12,28,33H,9-10H2,1-4H3,(H,26,31,32)/t12-,18?,19+,21+/m1/s1. The zero-order chi connectivity index (χ0) is 25.9. The molecule has 3 N–H and O–H groups in total. The third-order valence-corrected chi connectivity index (χ3v) is 6.04. The van der Waals surface area contributed by atoms with Gasteiger partial charge in [0.05, 0.1) is 6.61 Å². The molecule has 10 nitrogen and oxygen atoms in total. The summed E-state index contributed by atoms with van der Waals surface area (Å²) in [7, 11) is 0. The first-order chi connectivity index (χ1) is 15.5.